The lowest BCUT2D eigenvalue weighted by Gasteiger charge is -2.22. The summed E-state index contributed by atoms with van der Waals surface area (Å²) in [7, 11) is 0. The number of hydrogen-bond acceptors (Lipinski definition) is 3. The standard InChI is InChI=1S/C9H13N3OS/c13-9(8-7-14-6-3-10-8)11-12-4-1-2-5-12/h1-2,4-5,8,10H,3,6-7H2,(H,11,13). The van der Waals surface area contributed by atoms with Crippen molar-refractivity contribution in [1.29, 1.82) is 0 Å². The molecule has 4 nitrogen and oxygen atoms in total. The number of nitrogens with zero attached hydrogens (tertiary/aromatic N) is 1. The fraction of sp³-hybridized carbons (Fsp3) is 0.444. The number of aromatic nitrogens is 1. The van der Waals surface area contributed by atoms with Gasteiger partial charge in [-0.05, 0) is 12.1 Å². The molecule has 14 heavy (non-hydrogen) atoms. The van der Waals surface area contributed by atoms with Gasteiger partial charge in [0.25, 0.3) is 5.91 Å². The molecule has 1 aromatic rings. The Bertz CT molecular complexity index is 293. The van der Waals surface area contributed by atoms with E-state index in [-0.39, 0.29) is 11.9 Å². The van der Waals surface area contributed by atoms with Crippen molar-refractivity contribution in [2.24, 2.45) is 0 Å². The van der Waals surface area contributed by atoms with Crippen LogP contribution in [0.2, 0.25) is 0 Å². The minimum absolute atomic E-state index is 0.0356. The van der Waals surface area contributed by atoms with Crippen LogP contribution in [0.1, 0.15) is 0 Å². The Labute approximate surface area is 87.0 Å². The molecule has 0 radical (unpaired) electrons. The van der Waals surface area contributed by atoms with Gasteiger partial charge in [0.1, 0.15) is 0 Å². The number of carbonyl (C=O) groups is 1. The summed E-state index contributed by atoms with van der Waals surface area (Å²) < 4.78 is 1.67. The molecule has 76 valence electrons. The molecule has 1 amide bonds. The van der Waals surface area contributed by atoms with Crippen molar-refractivity contribution in [3.05, 3.63) is 24.5 Å². The Morgan fingerprint density at radius 3 is 2.93 bits per heavy atom. The molecule has 1 aromatic heterocycles. The largest absolute Gasteiger partial charge is 0.304 e. The number of hydrogen-bond donors (Lipinski definition) is 2. The summed E-state index contributed by atoms with van der Waals surface area (Å²) in [6, 6.07) is 3.70. The van der Waals surface area contributed by atoms with E-state index in [0.29, 0.717) is 0 Å². The fourth-order valence-corrected chi connectivity index (χ4v) is 2.28. The van der Waals surface area contributed by atoms with E-state index in [1.165, 1.54) is 0 Å². The van der Waals surface area contributed by atoms with Crippen LogP contribution in [0.4, 0.5) is 0 Å². The van der Waals surface area contributed by atoms with E-state index in [2.05, 4.69) is 10.7 Å². The molecule has 2 N–H and O–H groups in total. The van der Waals surface area contributed by atoms with Crippen LogP contribution < -0.4 is 10.7 Å². The monoisotopic (exact) mass is 211 g/mol. The Balaban J connectivity index is 1.88. The van der Waals surface area contributed by atoms with Gasteiger partial charge in [-0.1, -0.05) is 0 Å². The van der Waals surface area contributed by atoms with Crippen molar-refractivity contribution in [2.45, 2.75) is 6.04 Å². The maximum absolute atomic E-state index is 11.7. The summed E-state index contributed by atoms with van der Waals surface area (Å²) in [5.41, 5.74) is 2.79. The van der Waals surface area contributed by atoms with Crippen molar-refractivity contribution in [1.82, 2.24) is 9.99 Å². The first-order chi connectivity index (χ1) is 6.86. The molecule has 1 fully saturated rings. The number of thioether (sulfide) groups is 1. The number of nitrogens with one attached hydrogen (secondary N) is 2. The third-order valence-corrected chi connectivity index (χ3v) is 3.14. The third-order valence-electron chi connectivity index (χ3n) is 2.08. The average molecular weight is 211 g/mol. The van der Waals surface area contributed by atoms with Crippen molar-refractivity contribution >= 4 is 17.7 Å². The van der Waals surface area contributed by atoms with Crippen LogP contribution >= 0.6 is 11.8 Å². The lowest BCUT2D eigenvalue weighted by molar-refractivity contribution is -0.118. The number of rotatable bonds is 2. The zero-order chi connectivity index (χ0) is 9.80. The number of carbonyl (C=O) groups excluding carboxylic acids is 1. The normalized spacial score (nSPS) is 21.9. The SMILES string of the molecule is O=C(Nn1cccc1)C1CSCCN1. The van der Waals surface area contributed by atoms with Gasteiger partial charge in [-0.25, -0.2) is 0 Å². The van der Waals surface area contributed by atoms with Gasteiger partial charge in [0, 0.05) is 30.4 Å². The summed E-state index contributed by atoms with van der Waals surface area (Å²) in [5, 5.41) is 3.19. The van der Waals surface area contributed by atoms with E-state index in [1.807, 2.05) is 36.3 Å². The molecule has 1 aliphatic heterocycles. The van der Waals surface area contributed by atoms with Crippen LogP contribution in [-0.4, -0.2) is 34.7 Å². The molecular formula is C9H13N3OS. The van der Waals surface area contributed by atoms with Crippen LogP contribution in [0.5, 0.6) is 0 Å². The van der Waals surface area contributed by atoms with Crippen LogP contribution in [-0.2, 0) is 4.79 Å². The fourth-order valence-electron chi connectivity index (χ4n) is 1.35. The maximum atomic E-state index is 11.7. The Morgan fingerprint density at radius 1 is 1.50 bits per heavy atom. The highest BCUT2D eigenvalue weighted by Gasteiger charge is 2.20. The van der Waals surface area contributed by atoms with Crippen molar-refractivity contribution in [3.8, 4) is 0 Å². The quantitative estimate of drug-likeness (QED) is 0.738. The summed E-state index contributed by atoms with van der Waals surface area (Å²) in [4.78, 5) is 11.7. The molecule has 1 unspecified atom stereocenters. The van der Waals surface area contributed by atoms with Crippen LogP contribution in [0.15, 0.2) is 24.5 Å². The van der Waals surface area contributed by atoms with Crippen LogP contribution in [0.25, 0.3) is 0 Å². The van der Waals surface area contributed by atoms with Gasteiger partial charge in [-0.15, -0.1) is 0 Å². The van der Waals surface area contributed by atoms with Crippen LogP contribution in [0.3, 0.4) is 0 Å². The highest BCUT2D eigenvalue weighted by Crippen LogP contribution is 2.07. The summed E-state index contributed by atoms with van der Waals surface area (Å²) in [5.74, 6) is 1.98. The smallest absolute Gasteiger partial charge is 0.256 e. The third kappa shape index (κ3) is 2.30. The molecule has 2 rings (SSSR count). The van der Waals surface area contributed by atoms with Gasteiger partial charge in [0.15, 0.2) is 0 Å². The first-order valence-electron chi connectivity index (χ1n) is 4.61. The summed E-state index contributed by atoms with van der Waals surface area (Å²) >= 11 is 1.81. The first-order valence-corrected chi connectivity index (χ1v) is 5.77. The molecule has 1 aliphatic rings. The second-order valence-electron chi connectivity index (χ2n) is 3.15. The predicted octanol–water partition coefficient (Wildman–Crippen LogP) is 0.263. The van der Waals surface area contributed by atoms with Gasteiger partial charge in [0.2, 0.25) is 0 Å². The molecule has 0 bridgehead atoms. The van der Waals surface area contributed by atoms with Gasteiger partial charge >= 0.3 is 0 Å². The van der Waals surface area contributed by atoms with Gasteiger partial charge < -0.3 is 5.32 Å². The minimum atomic E-state index is -0.0591. The lowest BCUT2D eigenvalue weighted by Crippen LogP contribution is -2.47. The second-order valence-corrected chi connectivity index (χ2v) is 4.30. The van der Waals surface area contributed by atoms with Crippen molar-refractivity contribution in [2.75, 3.05) is 23.5 Å². The van der Waals surface area contributed by atoms with Gasteiger partial charge in [-0.2, -0.15) is 11.8 Å². The Hall–Kier alpha value is -0.940. The molecule has 0 aliphatic carbocycles. The molecule has 2 heterocycles. The average Bonchev–Trinajstić information content (AvgIpc) is 2.72. The molecule has 1 atom stereocenters. The van der Waals surface area contributed by atoms with Gasteiger partial charge in [-0.3, -0.25) is 14.9 Å². The maximum Gasteiger partial charge on any atom is 0.256 e. The molecular weight excluding hydrogens is 198 g/mol. The van der Waals surface area contributed by atoms with E-state index >= 15 is 0 Å². The van der Waals surface area contributed by atoms with Gasteiger partial charge in [0.05, 0.1) is 6.04 Å². The van der Waals surface area contributed by atoms with Crippen LogP contribution in [0, 0.1) is 0 Å². The highest BCUT2D eigenvalue weighted by atomic mass is 32.2. The van der Waals surface area contributed by atoms with E-state index in [1.54, 1.807) is 4.68 Å². The minimum Gasteiger partial charge on any atom is -0.304 e. The lowest BCUT2D eigenvalue weighted by atomic mass is 10.3. The molecule has 0 saturated carbocycles. The zero-order valence-corrected chi connectivity index (χ0v) is 8.59. The Morgan fingerprint density at radius 2 is 2.29 bits per heavy atom. The number of amides is 1. The van der Waals surface area contributed by atoms with E-state index in [0.717, 1.165) is 18.1 Å². The zero-order valence-electron chi connectivity index (χ0n) is 7.77. The first kappa shape index (κ1) is 9.61. The summed E-state index contributed by atoms with van der Waals surface area (Å²) in [6.45, 7) is 0.911. The molecule has 0 aromatic carbocycles. The Kier molecular flexibility index (Phi) is 3.10. The van der Waals surface area contributed by atoms with E-state index in [9.17, 15) is 4.79 Å². The van der Waals surface area contributed by atoms with Crippen molar-refractivity contribution in [3.63, 3.8) is 0 Å². The highest BCUT2D eigenvalue weighted by molar-refractivity contribution is 7.99. The van der Waals surface area contributed by atoms with E-state index < -0.39 is 0 Å². The predicted molar refractivity (Wildman–Crippen MR) is 57.9 cm³/mol. The molecule has 5 heteroatoms. The van der Waals surface area contributed by atoms with E-state index in [4.69, 9.17) is 0 Å². The topological polar surface area (TPSA) is 46.1 Å². The van der Waals surface area contributed by atoms with Crippen molar-refractivity contribution < 1.29 is 4.79 Å². The summed E-state index contributed by atoms with van der Waals surface area (Å²) in [6.07, 6.45) is 3.63. The second kappa shape index (κ2) is 4.52. The molecule has 1 saturated heterocycles. The molecule has 0 spiro atoms.